The van der Waals surface area contributed by atoms with Gasteiger partial charge in [-0.05, 0) is 31.0 Å². The van der Waals surface area contributed by atoms with E-state index in [1.165, 1.54) is 22.7 Å². The zero-order chi connectivity index (χ0) is 18.6. The lowest BCUT2D eigenvalue weighted by atomic mass is 10.1. The Labute approximate surface area is 168 Å². The van der Waals surface area contributed by atoms with Gasteiger partial charge in [0.2, 0.25) is 5.13 Å². The molecule has 0 unspecified atom stereocenters. The number of rotatable bonds is 5. The SMILES string of the molecule is Cc1ccc(CCN2CCN(c3nc(-c4ccc(Cl)cn4)ns3)CC2)cc1. The summed E-state index contributed by atoms with van der Waals surface area (Å²) in [5.41, 5.74) is 3.49. The molecular weight excluding hydrogens is 378 g/mol. The van der Waals surface area contributed by atoms with Crippen molar-refractivity contribution in [2.24, 2.45) is 0 Å². The van der Waals surface area contributed by atoms with Crippen LogP contribution >= 0.6 is 23.1 Å². The van der Waals surface area contributed by atoms with Crippen molar-refractivity contribution in [2.45, 2.75) is 13.3 Å². The molecule has 1 saturated heterocycles. The monoisotopic (exact) mass is 399 g/mol. The Bertz CT molecular complexity index is 870. The van der Waals surface area contributed by atoms with E-state index in [9.17, 15) is 0 Å². The third-order valence-electron chi connectivity index (χ3n) is 4.85. The Morgan fingerprint density at radius 1 is 1.04 bits per heavy atom. The van der Waals surface area contributed by atoms with E-state index in [1.807, 2.05) is 12.1 Å². The molecule has 0 spiro atoms. The summed E-state index contributed by atoms with van der Waals surface area (Å²) in [6.45, 7) is 7.31. The van der Waals surface area contributed by atoms with Crippen molar-refractivity contribution in [3.8, 4) is 11.5 Å². The van der Waals surface area contributed by atoms with E-state index in [0.717, 1.165) is 50.0 Å². The smallest absolute Gasteiger partial charge is 0.205 e. The first kappa shape index (κ1) is 18.3. The molecule has 1 fully saturated rings. The molecule has 0 N–H and O–H groups in total. The van der Waals surface area contributed by atoms with Crippen LogP contribution in [0.3, 0.4) is 0 Å². The second-order valence-electron chi connectivity index (χ2n) is 6.83. The summed E-state index contributed by atoms with van der Waals surface area (Å²) in [6, 6.07) is 12.5. The van der Waals surface area contributed by atoms with Gasteiger partial charge in [-0.25, -0.2) is 0 Å². The summed E-state index contributed by atoms with van der Waals surface area (Å²) in [6.07, 6.45) is 2.73. The molecule has 0 aliphatic carbocycles. The lowest BCUT2D eigenvalue weighted by Gasteiger charge is -2.34. The minimum Gasteiger partial charge on any atom is -0.344 e. The van der Waals surface area contributed by atoms with E-state index in [-0.39, 0.29) is 0 Å². The summed E-state index contributed by atoms with van der Waals surface area (Å²) >= 11 is 7.34. The number of aromatic nitrogens is 3. The predicted octanol–water partition coefficient (Wildman–Crippen LogP) is 3.93. The summed E-state index contributed by atoms with van der Waals surface area (Å²) in [5, 5.41) is 1.59. The molecule has 140 valence electrons. The van der Waals surface area contributed by atoms with Crippen LogP contribution in [-0.4, -0.2) is 52.0 Å². The van der Waals surface area contributed by atoms with E-state index in [0.29, 0.717) is 10.8 Å². The van der Waals surface area contributed by atoms with Gasteiger partial charge in [-0.1, -0.05) is 41.4 Å². The molecular formula is C20H22ClN5S. The van der Waals surface area contributed by atoms with Crippen molar-refractivity contribution >= 4 is 28.3 Å². The summed E-state index contributed by atoms with van der Waals surface area (Å²) in [7, 11) is 0. The number of benzene rings is 1. The fourth-order valence-corrected chi connectivity index (χ4v) is 4.00. The quantitative estimate of drug-likeness (QED) is 0.650. The highest BCUT2D eigenvalue weighted by Crippen LogP contribution is 2.24. The normalized spacial score (nSPS) is 15.3. The number of anilines is 1. The Kier molecular flexibility index (Phi) is 5.66. The predicted molar refractivity (Wildman–Crippen MR) is 112 cm³/mol. The molecule has 1 aromatic carbocycles. The van der Waals surface area contributed by atoms with Crippen LogP contribution in [0.25, 0.3) is 11.5 Å². The van der Waals surface area contributed by atoms with Crippen LogP contribution in [0, 0.1) is 6.92 Å². The van der Waals surface area contributed by atoms with Gasteiger partial charge in [-0.3, -0.25) is 9.88 Å². The highest BCUT2D eigenvalue weighted by molar-refractivity contribution is 7.09. The number of pyridine rings is 1. The fraction of sp³-hybridized carbons (Fsp3) is 0.350. The molecule has 0 amide bonds. The molecule has 27 heavy (non-hydrogen) atoms. The molecule has 0 atom stereocenters. The Hall–Kier alpha value is -2.02. The first-order valence-corrected chi connectivity index (χ1v) is 10.3. The Morgan fingerprint density at radius 3 is 2.52 bits per heavy atom. The standard InChI is InChI=1S/C20H22ClN5S/c1-15-2-4-16(5-3-15)8-9-25-10-12-26(13-11-25)20-23-19(24-27-20)18-7-6-17(21)14-22-18/h2-7,14H,8-13H2,1H3. The van der Waals surface area contributed by atoms with E-state index < -0.39 is 0 Å². The summed E-state index contributed by atoms with van der Waals surface area (Å²) in [4.78, 5) is 13.8. The molecule has 5 nitrogen and oxygen atoms in total. The van der Waals surface area contributed by atoms with E-state index in [4.69, 9.17) is 11.6 Å². The maximum atomic E-state index is 5.90. The molecule has 0 saturated carbocycles. The van der Waals surface area contributed by atoms with Crippen molar-refractivity contribution in [2.75, 3.05) is 37.6 Å². The average Bonchev–Trinajstić information content (AvgIpc) is 3.19. The number of nitrogens with zero attached hydrogens (tertiary/aromatic N) is 5. The molecule has 4 rings (SSSR count). The Balaban J connectivity index is 1.30. The van der Waals surface area contributed by atoms with Gasteiger partial charge in [-0.15, -0.1) is 0 Å². The molecule has 7 heteroatoms. The van der Waals surface area contributed by atoms with Gasteiger partial charge in [0, 0.05) is 50.5 Å². The van der Waals surface area contributed by atoms with Crippen LogP contribution in [0.1, 0.15) is 11.1 Å². The average molecular weight is 400 g/mol. The van der Waals surface area contributed by atoms with E-state index >= 15 is 0 Å². The number of piperazine rings is 1. The lowest BCUT2D eigenvalue weighted by molar-refractivity contribution is 0.261. The maximum Gasteiger partial charge on any atom is 0.205 e. The van der Waals surface area contributed by atoms with Crippen molar-refractivity contribution in [3.63, 3.8) is 0 Å². The van der Waals surface area contributed by atoms with Gasteiger partial charge in [0.15, 0.2) is 5.82 Å². The van der Waals surface area contributed by atoms with Gasteiger partial charge in [-0.2, -0.15) is 9.36 Å². The second-order valence-corrected chi connectivity index (χ2v) is 7.99. The van der Waals surface area contributed by atoms with Crippen LogP contribution < -0.4 is 4.90 Å². The van der Waals surface area contributed by atoms with Crippen molar-refractivity contribution in [1.29, 1.82) is 0 Å². The lowest BCUT2D eigenvalue weighted by Crippen LogP contribution is -2.47. The van der Waals surface area contributed by atoms with E-state index in [1.54, 1.807) is 6.20 Å². The molecule has 1 aliphatic rings. The molecule has 1 aliphatic heterocycles. The number of halogens is 1. The maximum absolute atomic E-state index is 5.90. The molecule has 0 radical (unpaired) electrons. The van der Waals surface area contributed by atoms with Gasteiger partial charge in [0.25, 0.3) is 0 Å². The number of hydrogen-bond acceptors (Lipinski definition) is 6. The third kappa shape index (κ3) is 4.64. The zero-order valence-corrected chi connectivity index (χ0v) is 16.9. The summed E-state index contributed by atoms with van der Waals surface area (Å²) < 4.78 is 4.46. The topological polar surface area (TPSA) is 45.2 Å². The first-order chi connectivity index (χ1) is 13.2. The van der Waals surface area contributed by atoms with Gasteiger partial charge in [0.1, 0.15) is 5.69 Å². The minimum absolute atomic E-state index is 0.621. The van der Waals surface area contributed by atoms with Gasteiger partial charge >= 0.3 is 0 Å². The van der Waals surface area contributed by atoms with Crippen molar-refractivity contribution in [1.82, 2.24) is 19.2 Å². The van der Waals surface area contributed by atoms with Gasteiger partial charge < -0.3 is 4.90 Å². The summed E-state index contributed by atoms with van der Waals surface area (Å²) in [5.74, 6) is 0.675. The third-order valence-corrected chi connectivity index (χ3v) is 5.85. The molecule has 3 aromatic rings. The fourth-order valence-electron chi connectivity index (χ4n) is 3.16. The van der Waals surface area contributed by atoms with Crippen LogP contribution in [0.5, 0.6) is 0 Å². The second kappa shape index (κ2) is 8.33. The van der Waals surface area contributed by atoms with Crippen LogP contribution in [0.2, 0.25) is 5.02 Å². The Morgan fingerprint density at radius 2 is 1.81 bits per heavy atom. The largest absolute Gasteiger partial charge is 0.344 e. The molecule has 0 bridgehead atoms. The highest BCUT2D eigenvalue weighted by atomic mass is 35.5. The number of aryl methyl sites for hydroxylation is 1. The van der Waals surface area contributed by atoms with Crippen molar-refractivity contribution in [3.05, 3.63) is 58.7 Å². The molecule has 2 aromatic heterocycles. The highest BCUT2D eigenvalue weighted by Gasteiger charge is 2.20. The first-order valence-electron chi connectivity index (χ1n) is 9.16. The molecule has 3 heterocycles. The zero-order valence-electron chi connectivity index (χ0n) is 15.3. The van der Waals surface area contributed by atoms with Crippen LogP contribution in [-0.2, 0) is 6.42 Å². The van der Waals surface area contributed by atoms with Crippen LogP contribution in [0.4, 0.5) is 5.13 Å². The van der Waals surface area contributed by atoms with E-state index in [2.05, 4.69) is 55.3 Å². The van der Waals surface area contributed by atoms with Gasteiger partial charge in [0.05, 0.1) is 5.02 Å². The van der Waals surface area contributed by atoms with Crippen LogP contribution in [0.15, 0.2) is 42.6 Å². The number of hydrogen-bond donors (Lipinski definition) is 0. The van der Waals surface area contributed by atoms with Crippen molar-refractivity contribution < 1.29 is 0 Å². The minimum atomic E-state index is 0.621.